The van der Waals surface area contributed by atoms with Crippen molar-refractivity contribution in [1.29, 1.82) is 0 Å². The Morgan fingerprint density at radius 1 is 1.10 bits per heavy atom. The summed E-state index contributed by atoms with van der Waals surface area (Å²) < 4.78 is 41.4. The lowest BCUT2D eigenvalue weighted by Gasteiger charge is -2.49. The molecule has 18 atom stereocenters. The number of ether oxygens (including phenoxy) is 7. The molecule has 0 bridgehead atoms. The number of cyclic esters (lactones) is 1. The molecule has 348 valence electrons. The van der Waals surface area contributed by atoms with E-state index in [1.807, 2.05) is 53.7 Å². The van der Waals surface area contributed by atoms with Gasteiger partial charge in [-0.2, -0.15) is 0 Å². The molecule has 0 aromatic heterocycles. The lowest BCUT2D eigenvalue weighted by Crippen LogP contribution is -2.59. The molecular formula is C46H75NO14. The van der Waals surface area contributed by atoms with Crippen LogP contribution >= 0.6 is 0 Å². The SMILES string of the molecule is C/C=C/[C@H]1O[C@@](O)([C@@H](C)[C@H](O)[C@H](C)[C@H]2OC(=O)/C(OC)=C/C(C)=C[C@@H](C)[C@@H](O)[C@@H](CC)[C@@H](O)[C@H](C)C/C(C)=C/C=C/[C@@H]2OC)C[C@@H](O[C@H]2C[C@@H](O)[C@H](OC(N)=O)[C@@H](C)O2)[C@@H]1C. The van der Waals surface area contributed by atoms with Crippen LogP contribution in [0.4, 0.5) is 4.79 Å². The van der Waals surface area contributed by atoms with Crippen LogP contribution in [0.25, 0.3) is 0 Å². The smallest absolute Gasteiger partial charge is 0.404 e. The first-order valence-electron chi connectivity index (χ1n) is 21.7. The number of primary amides is 1. The van der Waals surface area contributed by atoms with E-state index in [0.29, 0.717) is 18.4 Å². The highest BCUT2D eigenvalue weighted by Gasteiger charge is 2.52. The van der Waals surface area contributed by atoms with E-state index in [1.165, 1.54) is 20.3 Å². The number of nitrogens with two attached hydrogens (primary N) is 1. The molecule has 61 heavy (non-hydrogen) atoms. The summed E-state index contributed by atoms with van der Waals surface area (Å²) in [5, 5.41) is 58.0. The van der Waals surface area contributed by atoms with Crippen LogP contribution in [-0.2, 0) is 38.0 Å². The number of methoxy groups -OCH3 is 2. The molecule has 3 rings (SSSR count). The van der Waals surface area contributed by atoms with E-state index in [1.54, 1.807) is 52.0 Å². The Morgan fingerprint density at radius 2 is 1.77 bits per heavy atom. The van der Waals surface area contributed by atoms with E-state index in [4.69, 9.17) is 38.9 Å². The number of allylic oxidation sites excluding steroid dienone is 6. The third-order valence-electron chi connectivity index (χ3n) is 12.8. The van der Waals surface area contributed by atoms with Gasteiger partial charge in [-0.1, -0.05) is 89.1 Å². The summed E-state index contributed by atoms with van der Waals surface area (Å²) in [6.45, 7) is 18.2. The molecule has 0 spiro atoms. The first-order chi connectivity index (χ1) is 28.6. The average Bonchev–Trinajstić information content (AvgIpc) is 3.19. The van der Waals surface area contributed by atoms with Crippen molar-refractivity contribution in [2.24, 2.45) is 41.2 Å². The first-order valence-corrected chi connectivity index (χ1v) is 21.7. The summed E-state index contributed by atoms with van der Waals surface area (Å²) in [6, 6.07) is 0. The van der Waals surface area contributed by atoms with Crippen LogP contribution in [0.1, 0.15) is 94.9 Å². The van der Waals surface area contributed by atoms with Crippen LogP contribution in [0, 0.1) is 35.5 Å². The van der Waals surface area contributed by atoms with Crippen LogP contribution in [-0.4, -0.2) is 125 Å². The van der Waals surface area contributed by atoms with Gasteiger partial charge in [0.25, 0.3) is 0 Å². The minimum Gasteiger partial charge on any atom is -0.490 e. The van der Waals surface area contributed by atoms with E-state index in [9.17, 15) is 35.1 Å². The van der Waals surface area contributed by atoms with Crippen molar-refractivity contribution in [3.63, 3.8) is 0 Å². The Hall–Kier alpha value is -3.12. The maximum atomic E-state index is 13.9. The molecule has 1 amide bonds. The lowest BCUT2D eigenvalue weighted by atomic mass is 9.77. The van der Waals surface area contributed by atoms with Crippen molar-refractivity contribution in [3.8, 4) is 0 Å². The molecule has 0 aliphatic carbocycles. The Morgan fingerprint density at radius 3 is 2.34 bits per heavy atom. The van der Waals surface area contributed by atoms with Gasteiger partial charge in [0.15, 0.2) is 18.2 Å². The third-order valence-corrected chi connectivity index (χ3v) is 12.8. The number of aliphatic hydroxyl groups excluding tert-OH is 4. The summed E-state index contributed by atoms with van der Waals surface area (Å²) in [4.78, 5) is 25.4. The van der Waals surface area contributed by atoms with Gasteiger partial charge in [0.05, 0.1) is 49.8 Å². The van der Waals surface area contributed by atoms with Gasteiger partial charge < -0.3 is 64.4 Å². The Kier molecular flexibility index (Phi) is 20.1. The minimum atomic E-state index is -1.97. The predicted octanol–water partition coefficient (Wildman–Crippen LogP) is 4.98. The second-order valence-electron chi connectivity index (χ2n) is 17.5. The van der Waals surface area contributed by atoms with Crippen molar-refractivity contribution in [3.05, 3.63) is 59.4 Å². The number of aliphatic hydroxyl groups is 5. The molecule has 0 radical (unpaired) electrons. The summed E-state index contributed by atoms with van der Waals surface area (Å²) in [7, 11) is 2.81. The zero-order chi connectivity index (χ0) is 45.9. The van der Waals surface area contributed by atoms with E-state index in [-0.39, 0.29) is 42.3 Å². The fourth-order valence-electron chi connectivity index (χ4n) is 8.94. The highest BCUT2D eigenvalue weighted by Crippen LogP contribution is 2.42. The van der Waals surface area contributed by atoms with E-state index in [0.717, 1.165) is 5.57 Å². The van der Waals surface area contributed by atoms with Crippen LogP contribution in [0.5, 0.6) is 0 Å². The molecule has 3 aliphatic heterocycles. The highest BCUT2D eigenvalue weighted by molar-refractivity contribution is 5.87. The van der Waals surface area contributed by atoms with Gasteiger partial charge in [-0.3, -0.25) is 0 Å². The Labute approximate surface area is 362 Å². The number of esters is 1. The van der Waals surface area contributed by atoms with Gasteiger partial charge in [0.2, 0.25) is 5.76 Å². The lowest BCUT2D eigenvalue weighted by molar-refractivity contribution is -0.338. The number of carbonyl (C=O) groups is 2. The van der Waals surface area contributed by atoms with Crippen molar-refractivity contribution in [2.45, 2.75) is 168 Å². The quantitative estimate of drug-likeness (QED) is 0.119. The number of amides is 1. The zero-order valence-electron chi connectivity index (χ0n) is 38.2. The van der Waals surface area contributed by atoms with E-state index in [2.05, 4.69) is 0 Å². The maximum absolute atomic E-state index is 13.9. The fourth-order valence-corrected chi connectivity index (χ4v) is 8.94. The summed E-state index contributed by atoms with van der Waals surface area (Å²) >= 11 is 0. The molecule has 7 N–H and O–H groups in total. The third kappa shape index (κ3) is 13.7. The number of hydrogen-bond donors (Lipinski definition) is 6. The molecule has 2 saturated heterocycles. The Balaban J connectivity index is 2.00. The van der Waals surface area contributed by atoms with Gasteiger partial charge in [0.1, 0.15) is 12.2 Å². The average molecular weight is 866 g/mol. The van der Waals surface area contributed by atoms with Gasteiger partial charge in [-0.05, 0) is 52.5 Å². The minimum absolute atomic E-state index is 0.0313. The fraction of sp³-hybridized carbons (Fsp3) is 0.739. The Bertz CT molecular complexity index is 1570. The molecule has 0 aromatic rings. The summed E-state index contributed by atoms with van der Waals surface area (Å²) in [5.74, 6) is -6.00. The maximum Gasteiger partial charge on any atom is 0.404 e. The van der Waals surface area contributed by atoms with Crippen LogP contribution in [0.15, 0.2) is 59.4 Å². The van der Waals surface area contributed by atoms with Crippen LogP contribution in [0.3, 0.4) is 0 Å². The van der Waals surface area contributed by atoms with Crippen molar-refractivity contribution < 1.29 is 68.3 Å². The normalized spacial score (nSPS) is 41.3. The molecule has 3 heterocycles. The summed E-state index contributed by atoms with van der Waals surface area (Å²) in [5.41, 5.74) is 6.78. The van der Waals surface area contributed by atoms with E-state index >= 15 is 0 Å². The second-order valence-corrected chi connectivity index (χ2v) is 17.5. The van der Waals surface area contributed by atoms with Crippen LogP contribution in [0.2, 0.25) is 0 Å². The summed E-state index contributed by atoms with van der Waals surface area (Å²) in [6.07, 6.45) is 2.20. The number of carbonyl (C=O) groups excluding carboxylic acids is 2. The van der Waals surface area contributed by atoms with E-state index < -0.39 is 97.0 Å². The number of rotatable bonds is 11. The molecule has 3 aliphatic rings. The van der Waals surface area contributed by atoms with Gasteiger partial charge in [-0.25, -0.2) is 9.59 Å². The van der Waals surface area contributed by atoms with Crippen molar-refractivity contribution >= 4 is 12.1 Å². The van der Waals surface area contributed by atoms with Crippen LogP contribution < -0.4 is 5.73 Å². The molecule has 0 aromatic carbocycles. The molecule has 2 fully saturated rings. The van der Waals surface area contributed by atoms with Gasteiger partial charge in [0, 0.05) is 49.5 Å². The largest absolute Gasteiger partial charge is 0.490 e. The molecule has 15 nitrogen and oxygen atoms in total. The predicted molar refractivity (Wildman–Crippen MR) is 228 cm³/mol. The van der Waals surface area contributed by atoms with Gasteiger partial charge in [-0.15, -0.1) is 0 Å². The standard InChI is InChI=1S/C46H75NO14/c1-13-16-34-28(7)37(58-38-22-33(48)43(31(10)57-38)60-45(47)53)23-46(54,61-34)30(9)41(51)29(8)42-35(55-11)18-15-17-24(3)19-26(5)39(49)32(14-2)40(50)27(6)20-25(4)21-36(56-12)44(52)59-42/h13,15-18,20-21,26-35,37-43,48-51,54H,14,19,22-23H2,1-12H3,(H2,47,53)/b16-13+,18-15+,24-17+,25-20?,36-21-/t26-,27-,28-,29+,30+,31-,32+,33-,34-,35+,37-,38+,39+,40-,41-,42-,43-,46-/m1/s1. The topological polar surface area (TPSA) is 226 Å². The first kappa shape index (κ1) is 52.2. The van der Waals surface area contributed by atoms with Gasteiger partial charge >= 0.3 is 12.1 Å². The highest BCUT2D eigenvalue weighted by atomic mass is 16.7. The molecular weight excluding hydrogens is 790 g/mol. The molecule has 0 saturated carbocycles. The van der Waals surface area contributed by atoms with Crippen molar-refractivity contribution in [1.82, 2.24) is 0 Å². The second kappa shape index (κ2) is 23.5. The number of hydrogen-bond acceptors (Lipinski definition) is 14. The van der Waals surface area contributed by atoms with Crippen molar-refractivity contribution in [2.75, 3.05) is 14.2 Å². The monoisotopic (exact) mass is 866 g/mol. The molecule has 15 heteroatoms. The molecule has 0 unspecified atom stereocenters. The zero-order valence-corrected chi connectivity index (χ0v) is 38.2.